The third-order valence-electron chi connectivity index (χ3n) is 9.52. The van der Waals surface area contributed by atoms with Crippen molar-refractivity contribution in [3.05, 3.63) is 29.1 Å². The number of carboxylic acid groups (broad SMARTS) is 1. The van der Waals surface area contributed by atoms with Crippen molar-refractivity contribution in [2.45, 2.75) is 64.6 Å². The normalized spacial score (nSPS) is 23.9. The molecule has 1 aromatic rings. The number of piperidine rings is 2. The van der Waals surface area contributed by atoms with Crippen LogP contribution in [0, 0.1) is 11.2 Å². The van der Waals surface area contributed by atoms with Crippen molar-refractivity contribution in [1.29, 1.82) is 0 Å². The van der Waals surface area contributed by atoms with E-state index in [1.54, 1.807) is 0 Å². The molecule has 4 aliphatic heterocycles. The highest BCUT2D eigenvalue weighted by atomic mass is 19.1. The van der Waals surface area contributed by atoms with Crippen LogP contribution in [0.15, 0.2) is 12.1 Å². The smallest absolute Gasteiger partial charge is 0.407 e. The van der Waals surface area contributed by atoms with Crippen molar-refractivity contribution in [3.63, 3.8) is 0 Å². The Kier molecular flexibility index (Phi) is 11.3. The van der Waals surface area contributed by atoms with Crippen molar-refractivity contribution in [1.82, 2.24) is 20.0 Å². The number of rotatable bonds is 12. The molecule has 4 aliphatic rings. The summed E-state index contributed by atoms with van der Waals surface area (Å²) in [5.41, 5.74) is 0.0423. The molecular formula is C33H46FN5O9. The van der Waals surface area contributed by atoms with Crippen LogP contribution in [-0.4, -0.2) is 140 Å². The first kappa shape index (κ1) is 35.6. The molecule has 3 unspecified atom stereocenters. The van der Waals surface area contributed by atoms with E-state index in [1.165, 1.54) is 11.0 Å². The van der Waals surface area contributed by atoms with Gasteiger partial charge in [0.2, 0.25) is 11.8 Å². The average Bonchev–Trinajstić information content (AvgIpc) is 3.27. The van der Waals surface area contributed by atoms with Crippen molar-refractivity contribution in [3.8, 4) is 0 Å². The predicted molar refractivity (Wildman–Crippen MR) is 170 cm³/mol. The van der Waals surface area contributed by atoms with E-state index < -0.39 is 41.6 Å². The number of nitrogens with one attached hydrogen (secondary N) is 1. The van der Waals surface area contributed by atoms with Gasteiger partial charge in [-0.25, -0.2) is 9.18 Å². The number of hydrogen-bond donors (Lipinski definition) is 2. The number of hydrogen-bond acceptors (Lipinski definition) is 10. The molecule has 0 spiro atoms. The second-order valence-corrected chi connectivity index (χ2v) is 13.7. The van der Waals surface area contributed by atoms with Crippen LogP contribution in [0.2, 0.25) is 0 Å². The molecule has 3 saturated heterocycles. The Bertz CT molecular complexity index is 1390. The standard InChI is InChI=1S/C33H46FN5O9/c1-33(2,3)27-18-21(6-7-38(27)32(44)45)48-17-16-47-15-14-46-13-12-36-8-10-37(11-9-36)26-20-23-22(19-24(26)34)30(42)39(31(23)43)25-4-5-28(40)35-29(25)41/h19-21,25,27H,4-18H2,1-3H3,(H,44,45)(H,35,40,41). The fourth-order valence-corrected chi connectivity index (χ4v) is 6.86. The minimum atomic E-state index is -1.10. The molecule has 4 heterocycles. The number of carbonyl (C=O) groups excluding carboxylic acids is 4. The fourth-order valence-electron chi connectivity index (χ4n) is 6.86. The Labute approximate surface area is 279 Å². The van der Waals surface area contributed by atoms with E-state index in [9.17, 15) is 29.1 Å². The van der Waals surface area contributed by atoms with Crippen LogP contribution < -0.4 is 10.2 Å². The molecule has 0 aromatic heterocycles. The summed E-state index contributed by atoms with van der Waals surface area (Å²) in [6, 6.07) is 1.27. The first-order valence-corrected chi connectivity index (χ1v) is 16.6. The molecule has 48 heavy (non-hydrogen) atoms. The summed E-state index contributed by atoms with van der Waals surface area (Å²) in [5.74, 6) is -3.17. The van der Waals surface area contributed by atoms with Crippen LogP contribution in [0.4, 0.5) is 14.9 Å². The Morgan fingerprint density at radius 2 is 1.56 bits per heavy atom. The van der Waals surface area contributed by atoms with Crippen LogP contribution in [0.25, 0.3) is 0 Å². The van der Waals surface area contributed by atoms with E-state index >= 15 is 4.39 Å². The number of nitrogens with zero attached hydrogens (tertiary/aromatic N) is 4. The van der Waals surface area contributed by atoms with Crippen molar-refractivity contribution >= 4 is 35.4 Å². The molecule has 5 rings (SSSR count). The van der Waals surface area contributed by atoms with Crippen LogP contribution in [0.1, 0.15) is 67.2 Å². The zero-order valence-electron chi connectivity index (χ0n) is 27.9. The van der Waals surface area contributed by atoms with Crippen molar-refractivity contribution < 1.29 is 47.7 Å². The lowest BCUT2D eigenvalue weighted by molar-refractivity contribution is -0.136. The third-order valence-corrected chi connectivity index (χ3v) is 9.52. The number of ether oxygens (including phenoxy) is 3. The predicted octanol–water partition coefficient (Wildman–Crippen LogP) is 1.96. The number of imide groups is 2. The van der Waals surface area contributed by atoms with Crippen molar-refractivity contribution in [2.75, 3.05) is 77.2 Å². The maximum Gasteiger partial charge on any atom is 0.407 e. The van der Waals surface area contributed by atoms with Gasteiger partial charge in [0.15, 0.2) is 0 Å². The lowest BCUT2D eigenvalue weighted by Gasteiger charge is -2.44. The van der Waals surface area contributed by atoms with E-state index in [4.69, 9.17) is 14.2 Å². The van der Waals surface area contributed by atoms with E-state index in [2.05, 4.69) is 10.2 Å². The van der Waals surface area contributed by atoms with Gasteiger partial charge in [-0.3, -0.25) is 34.3 Å². The maximum atomic E-state index is 15.2. The number of halogens is 1. The second kappa shape index (κ2) is 15.3. The summed E-state index contributed by atoms with van der Waals surface area (Å²) in [6.07, 6.45) is 0.512. The molecule has 0 bridgehead atoms. The highest BCUT2D eigenvalue weighted by Gasteiger charge is 2.45. The minimum absolute atomic E-state index is 0.00590. The summed E-state index contributed by atoms with van der Waals surface area (Å²) < 4.78 is 32.6. The van der Waals surface area contributed by atoms with E-state index in [-0.39, 0.29) is 47.2 Å². The van der Waals surface area contributed by atoms with Crippen molar-refractivity contribution in [2.24, 2.45) is 5.41 Å². The molecule has 264 valence electrons. The van der Waals surface area contributed by atoms with Gasteiger partial charge in [-0.15, -0.1) is 0 Å². The van der Waals surface area contributed by atoms with Crippen LogP contribution in [-0.2, 0) is 23.8 Å². The Balaban J connectivity index is 0.970. The zero-order valence-corrected chi connectivity index (χ0v) is 27.9. The number of fused-ring (bicyclic) bond motifs is 1. The van der Waals surface area contributed by atoms with Gasteiger partial charge in [-0.05, 0) is 36.8 Å². The number of anilines is 1. The molecule has 0 saturated carbocycles. The van der Waals surface area contributed by atoms with Crippen LogP contribution >= 0.6 is 0 Å². The summed E-state index contributed by atoms with van der Waals surface area (Å²) >= 11 is 0. The number of piperazine rings is 1. The molecule has 14 nitrogen and oxygen atoms in total. The van der Waals surface area contributed by atoms with Gasteiger partial charge >= 0.3 is 6.09 Å². The molecule has 1 aromatic carbocycles. The highest BCUT2D eigenvalue weighted by Crippen LogP contribution is 2.34. The molecule has 0 radical (unpaired) electrons. The Morgan fingerprint density at radius 3 is 2.21 bits per heavy atom. The van der Waals surface area contributed by atoms with E-state index in [0.717, 1.165) is 11.0 Å². The van der Waals surface area contributed by atoms with Gasteiger partial charge in [-0.1, -0.05) is 20.8 Å². The maximum absolute atomic E-state index is 15.2. The largest absolute Gasteiger partial charge is 0.465 e. The lowest BCUT2D eigenvalue weighted by Crippen LogP contribution is -2.54. The van der Waals surface area contributed by atoms with Gasteiger partial charge in [0.05, 0.1) is 56.0 Å². The van der Waals surface area contributed by atoms with Gasteiger partial charge in [-0.2, -0.15) is 0 Å². The lowest BCUT2D eigenvalue weighted by atomic mass is 9.80. The molecule has 15 heteroatoms. The third kappa shape index (κ3) is 8.13. The molecular weight excluding hydrogens is 629 g/mol. The van der Waals surface area contributed by atoms with Gasteiger partial charge in [0.1, 0.15) is 11.9 Å². The summed E-state index contributed by atoms with van der Waals surface area (Å²) in [7, 11) is 0. The van der Waals surface area contributed by atoms with Gasteiger partial charge in [0.25, 0.3) is 11.8 Å². The zero-order chi connectivity index (χ0) is 34.6. The SMILES string of the molecule is CC(C)(C)C1CC(OCCOCCOCCN2CCN(c3cc4c(cc3F)C(=O)N(C3CCC(=O)NC3=O)C4=O)CC2)CCN1C(=O)O. The number of amides is 5. The number of likely N-dealkylation sites (tertiary alicyclic amines) is 1. The number of carbonyl (C=O) groups is 5. The van der Waals surface area contributed by atoms with Crippen LogP contribution in [0.3, 0.4) is 0 Å². The van der Waals surface area contributed by atoms with Gasteiger partial charge < -0.3 is 29.1 Å². The monoisotopic (exact) mass is 675 g/mol. The van der Waals surface area contributed by atoms with E-state index in [1.807, 2.05) is 25.7 Å². The average molecular weight is 676 g/mol. The summed E-state index contributed by atoms with van der Waals surface area (Å²) in [6.45, 7) is 11.9. The number of benzene rings is 1. The van der Waals surface area contributed by atoms with Gasteiger partial charge in [0, 0.05) is 51.7 Å². The highest BCUT2D eigenvalue weighted by molar-refractivity contribution is 6.23. The molecule has 5 amide bonds. The first-order chi connectivity index (χ1) is 22.8. The minimum Gasteiger partial charge on any atom is -0.465 e. The first-order valence-electron chi connectivity index (χ1n) is 16.6. The fraction of sp³-hybridized carbons (Fsp3) is 0.667. The quantitative estimate of drug-likeness (QED) is 0.247. The molecule has 3 atom stereocenters. The summed E-state index contributed by atoms with van der Waals surface area (Å²) in [5, 5.41) is 11.7. The Morgan fingerprint density at radius 1 is 0.917 bits per heavy atom. The molecule has 2 N–H and O–H groups in total. The molecule has 3 fully saturated rings. The topological polar surface area (TPSA) is 158 Å². The van der Waals surface area contributed by atoms with Crippen LogP contribution in [0.5, 0.6) is 0 Å². The summed E-state index contributed by atoms with van der Waals surface area (Å²) in [4.78, 5) is 68.0. The molecule has 0 aliphatic carbocycles. The Hall–Kier alpha value is -3.66. The van der Waals surface area contributed by atoms with E-state index in [0.29, 0.717) is 85.1 Å². The second-order valence-electron chi connectivity index (χ2n) is 13.7.